The molecule has 9 nitrogen and oxygen atoms in total. The molecule has 15 heteroatoms. The van der Waals surface area contributed by atoms with Crippen molar-refractivity contribution in [3.05, 3.63) is 48.0 Å². The van der Waals surface area contributed by atoms with Gasteiger partial charge in [0.05, 0.1) is 0 Å². The number of carboxylic acids is 2. The van der Waals surface area contributed by atoms with Crippen molar-refractivity contribution in [1.82, 2.24) is 19.9 Å². The number of aliphatic carboxylic acids is 2. The van der Waals surface area contributed by atoms with Crippen LogP contribution in [-0.4, -0.2) is 80.5 Å². The highest BCUT2D eigenvalue weighted by Crippen LogP contribution is 2.41. The minimum Gasteiger partial charge on any atom is -0.475 e. The number of hydrogen-bond donors (Lipinski definition) is 2. The molecule has 0 radical (unpaired) electrons. The molecule has 38 heavy (non-hydrogen) atoms. The summed E-state index contributed by atoms with van der Waals surface area (Å²) in [5.41, 5.74) is 2.93. The zero-order valence-corrected chi connectivity index (χ0v) is 20.3. The average molecular weight is 551 g/mol. The molecule has 0 aliphatic carbocycles. The molecule has 0 bridgehead atoms. The maximum Gasteiger partial charge on any atom is 0.490 e. The fraction of sp³-hybridized carbons (Fsp3) is 0.522. The Morgan fingerprint density at radius 1 is 0.921 bits per heavy atom. The lowest BCUT2D eigenvalue weighted by molar-refractivity contribution is -0.193. The molecule has 0 saturated carbocycles. The minimum atomic E-state index is -5.08. The number of aromatic nitrogens is 3. The van der Waals surface area contributed by atoms with Gasteiger partial charge in [-0.25, -0.2) is 19.6 Å². The number of halogens is 6. The molecular formula is C23H27F6N5O4. The molecule has 4 rings (SSSR count). The van der Waals surface area contributed by atoms with Crippen LogP contribution in [-0.2, 0) is 16.1 Å². The van der Waals surface area contributed by atoms with Gasteiger partial charge in [0.15, 0.2) is 0 Å². The normalized spacial score (nSPS) is 17.2. The van der Waals surface area contributed by atoms with E-state index in [0.717, 1.165) is 31.1 Å². The molecule has 2 N–H and O–H groups in total. The van der Waals surface area contributed by atoms with E-state index in [0.29, 0.717) is 5.41 Å². The number of rotatable bonds is 3. The van der Waals surface area contributed by atoms with Crippen LogP contribution in [0.15, 0.2) is 36.9 Å². The van der Waals surface area contributed by atoms with Crippen LogP contribution in [0, 0.1) is 12.3 Å². The van der Waals surface area contributed by atoms with Gasteiger partial charge in [-0.05, 0) is 55.3 Å². The van der Waals surface area contributed by atoms with E-state index in [9.17, 15) is 26.3 Å². The van der Waals surface area contributed by atoms with Crippen molar-refractivity contribution < 1.29 is 46.1 Å². The van der Waals surface area contributed by atoms with Gasteiger partial charge in [-0.15, -0.1) is 0 Å². The molecule has 2 aliphatic rings. The topological polar surface area (TPSA) is 120 Å². The molecule has 2 fully saturated rings. The first-order chi connectivity index (χ1) is 17.6. The number of nitrogens with zero attached hydrogens (tertiary/aromatic N) is 5. The van der Waals surface area contributed by atoms with E-state index in [2.05, 4.69) is 30.8 Å². The summed E-state index contributed by atoms with van der Waals surface area (Å²) in [6.07, 6.45) is 1.30. The first-order valence-corrected chi connectivity index (χ1v) is 11.4. The summed E-state index contributed by atoms with van der Waals surface area (Å²) in [5.74, 6) is -4.62. The predicted molar refractivity (Wildman–Crippen MR) is 122 cm³/mol. The first-order valence-electron chi connectivity index (χ1n) is 11.4. The Bertz CT molecular complexity index is 1020. The number of piperidine rings is 1. The Labute approximate surface area is 214 Å². The second kappa shape index (κ2) is 12.8. The SMILES string of the molecule is Cc1cnc(N2CCC3(CCN(Cc4cccnc4)C3)CC2)nc1.O=C(O)C(F)(F)F.O=C(O)C(F)(F)F. The van der Waals surface area contributed by atoms with Gasteiger partial charge in [0.25, 0.3) is 0 Å². The van der Waals surface area contributed by atoms with Gasteiger partial charge in [-0.1, -0.05) is 6.07 Å². The molecule has 210 valence electrons. The van der Waals surface area contributed by atoms with Crippen molar-refractivity contribution in [2.24, 2.45) is 5.41 Å². The number of alkyl halides is 6. The molecule has 2 aliphatic heterocycles. The number of aryl methyl sites for hydroxylation is 1. The van der Waals surface area contributed by atoms with Crippen LogP contribution < -0.4 is 4.90 Å². The Balaban J connectivity index is 0.000000301. The second-order valence-corrected chi connectivity index (χ2v) is 8.98. The Kier molecular flexibility index (Phi) is 10.4. The van der Waals surface area contributed by atoms with Crippen LogP contribution in [0.1, 0.15) is 30.4 Å². The minimum absolute atomic E-state index is 0.489. The lowest BCUT2D eigenvalue weighted by atomic mass is 9.78. The highest BCUT2D eigenvalue weighted by molar-refractivity contribution is 5.73. The number of likely N-dealkylation sites (tertiary alicyclic amines) is 1. The van der Waals surface area contributed by atoms with Crippen molar-refractivity contribution in [2.45, 2.75) is 45.1 Å². The van der Waals surface area contributed by atoms with Gasteiger partial charge in [-0.3, -0.25) is 9.88 Å². The zero-order chi connectivity index (χ0) is 28.6. The van der Waals surface area contributed by atoms with Crippen molar-refractivity contribution in [3.63, 3.8) is 0 Å². The second-order valence-electron chi connectivity index (χ2n) is 8.98. The van der Waals surface area contributed by atoms with Crippen molar-refractivity contribution >= 4 is 17.9 Å². The van der Waals surface area contributed by atoms with Gasteiger partial charge in [0.2, 0.25) is 5.95 Å². The molecule has 0 aromatic carbocycles. The third-order valence-electron chi connectivity index (χ3n) is 6.01. The van der Waals surface area contributed by atoms with Gasteiger partial charge in [0, 0.05) is 51.0 Å². The third-order valence-corrected chi connectivity index (χ3v) is 6.01. The lowest BCUT2D eigenvalue weighted by Gasteiger charge is -2.39. The quantitative estimate of drug-likeness (QED) is 0.547. The summed E-state index contributed by atoms with van der Waals surface area (Å²) in [4.78, 5) is 35.9. The van der Waals surface area contributed by atoms with E-state index < -0.39 is 24.3 Å². The molecule has 1 spiro atoms. The Morgan fingerprint density at radius 3 is 1.87 bits per heavy atom. The van der Waals surface area contributed by atoms with Gasteiger partial charge in [-0.2, -0.15) is 26.3 Å². The van der Waals surface area contributed by atoms with Crippen LogP contribution >= 0.6 is 0 Å². The number of carbonyl (C=O) groups is 2. The summed E-state index contributed by atoms with van der Waals surface area (Å²) >= 11 is 0. The maximum atomic E-state index is 10.6. The van der Waals surface area contributed by atoms with Crippen LogP contribution in [0.3, 0.4) is 0 Å². The molecule has 2 aromatic heterocycles. The molecule has 0 amide bonds. The highest BCUT2D eigenvalue weighted by atomic mass is 19.4. The van der Waals surface area contributed by atoms with Crippen molar-refractivity contribution in [1.29, 1.82) is 0 Å². The average Bonchev–Trinajstić information content (AvgIpc) is 3.22. The molecule has 0 atom stereocenters. The predicted octanol–water partition coefficient (Wildman–Crippen LogP) is 3.94. The lowest BCUT2D eigenvalue weighted by Crippen LogP contribution is -2.42. The molecule has 2 aromatic rings. The number of hydrogen-bond acceptors (Lipinski definition) is 7. The first kappa shape index (κ1) is 30.7. The zero-order valence-electron chi connectivity index (χ0n) is 20.3. The highest BCUT2D eigenvalue weighted by Gasteiger charge is 2.41. The van der Waals surface area contributed by atoms with Crippen LogP contribution in [0.5, 0.6) is 0 Å². The molecule has 2 saturated heterocycles. The van der Waals surface area contributed by atoms with E-state index in [1.807, 2.05) is 37.8 Å². The van der Waals surface area contributed by atoms with Crippen molar-refractivity contribution in [3.8, 4) is 0 Å². The van der Waals surface area contributed by atoms with Crippen LogP contribution in [0.25, 0.3) is 0 Å². The standard InChI is InChI=1S/C19H25N5.2C2HF3O2/c1-16-11-21-18(22-12-16)24-9-5-19(6-10-24)4-8-23(15-19)14-17-3-2-7-20-13-17;2*3-2(4,5)1(6)7/h2-3,7,11-13H,4-6,8-10,14-15H2,1H3;2*(H,6,7). The fourth-order valence-electron chi connectivity index (χ4n) is 4.05. The Hall–Kier alpha value is -3.49. The summed E-state index contributed by atoms with van der Waals surface area (Å²) in [6.45, 7) is 7.62. The number of pyridine rings is 1. The van der Waals surface area contributed by atoms with E-state index in [-0.39, 0.29) is 0 Å². The van der Waals surface area contributed by atoms with Crippen LogP contribution in [0.2, 0.25) is 0 Å². The fourth-order valence-corrected chi connectivity index (χ4v) is 4.05. The largest absolute Gasteiger partial charge is 0.490 e. The number of carboxylic acid groups (broad SMARTS) is 2. The van der Waals surface area contributed by atoms with E-state index in [1.165, 1.54) is 37.9 Å². The smallest absolute Gasteiger partial charge is 0.475 e. The Morgan fingerprint density at radius 2 is 1.42 bits per heavy atom. The summed E-state index contributed by atoms with van der Waals surface area (Å²) in [6, 6.07) is 4.20. The van der Waals surface area contributed by atoms with E-state index in [1.54, 1.807) is 0 Å². The molecular weight excluding hydrogens is 524 g/mol. The molecule has 4 heterocycles. The van der Waals surface area contributed by atoms with Gasteiger partial charge in [0.1, 0.15) is 0 Å². The van der Waals surface area contributed by atoms with Crippen molar-refractivity contribution in [2.75, 3.05) is 31.1 Å². The summed E-state index contributed by atoms with van der Waals surface area (Å²) in [5, 5.41) is 14.2. The summed E-state index contributed by atoms with van der Waals surface area (Å²) in [7, 11) is 0. The number of anilines is 1. The van der Waals surface area contributed by atoms with Gasteiger partial charge >= 0.3 is 24.3 Å². The van der Waals surface area contributed by atoms with Crippen LogP contribution in [0.4, 0.5) is 32.3 Å². The summed E-state index contributed by atoms with van der Waals surface area (Å²) < 4.78 is 63.5. The maximum absolute atomic E-state index is 10.6. The van der Waals surface area contributed by atoms with E-state index >= 15 is 0 Å². The van der Waals surface area contributed by atoms with Gasteiger partial charge < -0.3 is 15.1 Å². The van der Waals surface area contributed by atoms with E-state index in [4.69, 9.17) is 19.8 Å². The molecule has 0 unspecified atom stereocenters. The monoisotopic (exact) mass is 551 g/mol. The third kappa shape index (κ3) is 9.76.